The van der Waals surface area contributed by atoms with Crippen molar-refractivity contribution in [3.63, 3.8) is 0 Å². The summed E-state index contributed by atoms with van der Waals surface area (Å²) >= 11 is 7.81. The van der Waals surface area contributed by atoms with Crippen LogP contribution in [0.5, 0.6) is 5.75 Å². The lowest BCUT2D eigenvalue weighted by Gasteiger charge is -2.39. The number of likely N-dealkylation sites (tertiary alicyclic amines) is 1. The number of piperazine rings is 1. The van der Waals surface area contributed by atoms with Gasteiger partial charge < -0.3 is 39.9 Å². The van der Waals surface area contributed by atoms with Gasteiger partial charge in [0.05, 0.1) is 39.4 Å². The van der Waals surface area contributed by atoms with Crippen LogP contribution in [-0.4, -0.2) is 137 Å². The molecule has 4 fully saturated rings. The summed E-state index contributed by atoms with van der Waals surface area (Å²) in [5, 5.41) is 26.0. The van der Waals surface area contributed by atoms with Crippen molar-refractivity contribution in [2.24, 2.45) is 5.41 Å². The first-order valence-electron chi connectivity index (χ1n) is 23.5. The molecule has 3 aromatic carbocycles. The number of aromatic nitrogens is 1. The number of nitrogens with one attached hydrogen (secondary N) is 2. The lowest BCUT2D eigenvalue weighted by atomic mass is 9.85. The van der Waals surface area contributed by atoms with Crippen LogP contribution in [0.1, 0.15) is 80.1 Å². The number of ether oxygens (including phenoxy) is 2. The van der Waals surface area contributed by atoms with Crippen molar-refractivity contribution in [1.82, 2.24) is 30.3 Å². The fourth-order valence-corrected chi connectivity index (χ4v) is 11.0. The molecule has 4 aromatic rings. The number of nitriles is 1. The number of β-amino-alcohol motifs (C(OH)–C–C–N with tert-alkyl or cyclic N) is 1. The molecule has 0 saturated carbocycles. The number of amides is 4. The van der Waals surface area contributed by atoms with Crippen LogP contribution >= 0.6 is 22.9 Å². The molecular weight excluding hydrogens is 904 g/mol. The maximum absolute atomic E-state index is 14.1. The van der Waals surface area contributed by atoms with Crippen LogP contribution in [0.3, 0.4) is 0 Å². The highest BCUT2D eigenvalue weighted by Gasteiger charge is 2.46. The van der Waals surface area contributed by atoms with E-state index < -0.39 is 35.4 Å². The average Bonchev–Trinajstić information content (AvgIpc) is 4.02. The number of carbonyl (C=O) groups is 4. The number of hydrogen-bond donors (Lipinski definition) is 3. The molecule has 4 saturated heterocycles. The molecule has 5 unspecified atom stereocenters. The maximum atomic E-state index is 14.1. The average molecular weight is 966 g/mol. The highest BCUT2D eigenvalue weighted by atomic mass is 35.5. The highest BCUT2D eigenvalue weighted by Crippen LogP contribution is 2.39. The molecule has 5 atom stereocenters. The molecule has 0 spiro atoms. The minimum Gasteiger partial charge on any atom is -0.490 e. The van der Waals surface area contributed by atoms with Crippen molar-refractivity contribution >= 4 is 52.3 Å². The Morgan fingerprint density at radius 1 is 0.971 bits per heavy atom. The summed E-state index contributed by atoms with van der Waals surface area (Å²) in [6.45, 7) is 11.8. The largest absolute Gasteiger partial charge is 0.490 e. The van der Waals surface area contributed by atoms with Gasteiger partial charge in [-0.05, 0) is 72.7 Å². The number of benzene rings is 3. The fourth-order valence-electron chi connectivity index (χ4n) is 9.94. The van der Waals surface area contributed by atoms with E-state index in [2.05, 4.69) is 36.4 Å². The minimum absolute atomic E-state index is 0.00512. The van der Waals surface area contributed by atoms with Gasteiger partial charge in [-0.15, -0.1) is 11.3 Å². The Kier molecular flexibility index (Phi) is 15.4. The van der Waals surface area contributed by atoms with Gasteiger partial charge in [0.2, 0.25) is 17.7 Å². The van der Waals surface area contributed by atoms with Crippen LogP contribution in [0.15, 0.2) is 72.2 Å². The van der Waals surface area contributed by atoms with Crippen LogP contribution in [0.25, 0.3) is 10.4 Å². The molecule has 8 rings (SSSR count). The topological polar surface area (TPSA) is 181 Å². The number of thiazole rings is 1. The Morgan fingerprint density at radius 2 is 1.68 bits per heavy atom. The van der Waals surface area contributed by atoms with Gasteiger partial charge in [-0.3, -0.25) is 24.1 Å². The quantitative estimate of drug-likeness (QED) is 0.123. The van der Waals surface area contributed by atoms with Crippen LogP contribution in [0.4, 0.5) is 5.69 Å². The van der Waals surface area contributed by atoms with E-state index in [-0.39, 0.29) is 56.1 Å². The molecule has 68 heavy (non-hydrogen) atoms. The number of halogens is 1. The molecule has 4 amide bonds. The number of anilines is 1. The summed E-state index contributed by atoms with van der Waals surface area (Å²) in [4.78, 5) is 68.0. The monoisotopic (exact) mass is 964 g/mol. The van der Waals surface area contributed by atoms with E-state index in [0.717, 1.165) is 79.2 Å². The molecule has 17 heteroatoms. The van der Waals surface area contributed by atoms with Crippen molar-refractivity contribution in [2.45, 2.75) is 103 Å². The first-order chi connectivity index (χ1) is 32.6. The van der Waals surface area contributed by atoms with Gasteiger partial charge in [0.1, 0.15) is 36.6 Å². The number of aliphatic hydroxyl groups is 1. The smallest absolute Gasteiger partial charge is 0.254 e. The standard InChI is InChI=1S/C51H61ClN8O7S/c1-32-46(68-31-55-32)34-7-5-33(6-8-34)28-54-48(63)44-25-40(61)29-59(44)50(65)47(51(2,3)4)56-45(62)30-66-22-21-57-17-19-58(20-18-57)37-12-9-35(10-13-37)49(64)60-38-14-15-39(60)24-42(23-38)67-41-16-11-36(27-53)43(52)26-41/h5-13,16,26,31,38-40,42,44,47,61H,14-15,17-25,28-30H2,1-4H3,(H,54,63)(H,56,62). The molecule has 0 aliphatic carbocycles. The summed E-state index contributed by atoms with van der Waals surface area (Å²) in [7, 11) is 0. The van der Waals surface area contributed by atoms with E-state index in [9.17, 15) is 29.5 Å². The first-order valence-corrected chi connectivity index (χ1v) is 24.8. The molecule has 0 radical (unpaired) electrons. The zero-order valence-electron chi connectivity index (χ0n) is 39.2. The summed E-state index contributed by atoms with van der Waals surface area (Å²) in [5.74, 6) is -0.518. The van der Waals surface area contributed by atoms with E-state index in [0.29, 0.717) is 35.1 Å². The highest BCUT2D eigenvalue weighted by molar-refractivity contribution is 7.13. The molecule has 5 heterocycles. The third-order valence-electron chi connectivity index (χ3n) is 13.6. The van der Waals surface area contributed by atoms with Gasteiger partial charge in [-0.2, -0.15) is 5.26 Å². The number of fused-ring (bicyclic) bond motifs is 2. The van der Waals surface area contributed by atoms with Crippen LogP contribution < -0.4 is 20.3 Å². The number of aryl methyl sites for hydroxylation is 1. The Bertz CT molecular complexity index is 2470. The van der Waals surface area contributed by atoms with Gasteiger partial charge in [-0.1, -0.05) is 56.6 Å². The van der Waals surface area contributed by atoms with Crippen molar-refractivity contribution in [2.75, 3.05) is 57.4 Å². The molecule has 4 aliphatic rings. The third-order valence-corrected chi connectivity index (χ3v) is 14.9. The maximum Gasteiger partial charge on any atom is 0.254 e. The number of rotatable bonds is 15. The summed E-state index contributed by atoms with van der Waals surface area (Å²) < 4.78 is 12.1. The number of aliphatic hydroxyl groups excluding tert-OH is 1. The number of hydrogen-bond acceptors (Lipinski definition) is 12. The van der Waals surface area contributed by atoms with E-state index in [1.807, 2.05) is 81.7 Å². The fraction of sp³-hybridized carbons (Fsp3) is 0.490. The Hall–Kier alpha value is -5.57. The second kappa shape index (κ2) is 21.4. The Labute approximate surface area is 407 Å². The van der Waals surface area contributed by atoms with Crippen molar-refractivity contribution in [3.05, 3.63) is 99.6 Å². The van der Waals surface area contributed by atoms with Crippen LogP contribution in [-0.2, 0) is 25.7 Å². The van der Waals surface area contributed by atoms with Gasteiger partial charge in [-0.25, -0.2) is 4.98 Å². The molecule has 1 aromatic heterocycles. The van der Waals surface area contributed by atoms with E-state index in [1.165, 1.54) is 4.90 Å². The lowest BCUT2D eigenvalue weighted by Crippen LogP contribution is -2.58. The molecule has 15 nitrogen and oxygen atoms in total. The van der Waals surface area contributed by atoms with E-state index in [1.54, 1.807) is 29.5 Å². The lowest BCUT2D eigenvalue weighted by molar-refractivity contribution is -0.144. The molecular formula is C51H61ClN8O7S. The molecule has 3 N–H and O–H groups in total. The SMILES string of the molecule is Cc1ncsc1-c1ccc(CNC(=O)C2CC(O)CN2C(=O)C(NC(=O)COCCN2CCN(c3ccc(C(=O)N4C5CCC4CC(Oc4ccc(C#N)c(Cl)c4)C5)cc3)CC2)C(C)(C)C)cc1. The normalized spacial score (nSPS) is 22.1. The van der Waals surface area contributed by atoms with Crippen LogP contribution in [0, 0.1) is 23.7 Å². The van der Waals surface area contributed by atoms with Gasteiger partial charge in [0.25, 0.3) is 5.91 Å². The zero-order valence-corrected chi connectivity index (χ0v) is 40.7. The minimum atomic E-state index is -0.947. The van der Waals surface area contributed by atoms with Crippen molar-refractivity contribution < 1.29 is 33.8 Å². The van der Waals surface area contributed by atoms with Gasteiger partial charge in [0, 0.05) is 94.5 Å². The molecule has 4 aliphatic heterocycles. The predicted molar refractivity (Wildman–Crippen MR) is 260 cm³/mol. The second-order valence-electron chi connectivity index (χ2n) is 19.4. The summed E-state index contributed by atoms with van der Waals surface area (Å²) in [5.41, 5.74) is 6.21. The molecule has 360 valence electrons. The Morgan fingerprint density at radius 3 is 2.31 bits per heavy atom. The zero-order chi connectivity index (χ0) is 48.1. The van der Waals surface area contributed by atoms with Crippen molar-refractivity contribution in [1.29, 1.82) is 5.26 Å². The Balaban J connectivity index is 0.749. The van der Waals surface area contributed by atoms with E-state index >= 15 is 0 Å². The first kappa shape index (κ1) is 48.9. The second-order valence-corrected chi connectivity index (χ2v) is 20.7. The number of nitrogens with zero attached hydrogens (tertiary/aromatic N) is 6. The van der Waals surface area contributed by atoms with Crippen LogP contribution in [0.2, 0.25) is 5.02 Å². The van der Waals surface area contributed by atoms with Crippen molar-refractivity contribution in [3.8, 4) is 22.3 Å². The van der Waals surface area contributed by atoms with Gasteiger partial charge in [0.15, 0.2) is 0 Å². The number of piperidine rings is 1. The van der Waals surface area contributed by atoms with E-state index in [4.69, 9.17) is 21.1 Å². The van der Waals surface area contributed by atoms with Gasteiger partial charge >= 0.3 is 0 Å². The predicted octanol–water partition coefficient (Wildman–Crippen LogP) is 5.81. The third kappa shape index (κ3) is 11.5. The number of carbonyl (C=O) groups excluding carboxylic acids is 4. The molecule has 2 bridgehead atoms. The summed E-state index contributed by atoms with van der Waals surface area (Å²) in [6, 6.07) is 21.4. The summed E-state index contributed by atoms with van der Waals surface area (Å²) in [6.07, 6.45) is 2.62.